The zero-order chi connectivity index (χ0) is 18.4. The van der Waals surface area contributed by atoms with E-state index < -0.39 is 11.9 Å². The summed E-state index contributed by atoms with van der Waals surface area (Å²) in [7, 11) is 0. The Morgan fingerprint density at radius 1 is 1.20 bits per heavy atom. The quantitative estimate of drug-likeness (QED) is 0.836. The van der Waals surface area contributed by atoms with E-state index >= 15 is 0 Å². The Hall–Kier alpha value is -1.65. The summed E-state index contributed by atoms with van der Waals surface area (Å²) >= 11 is 0. The Labute approximate surface area is 149 Å². The van der Waals surface area contributed by atoms with Gasteiger partial charge in [0.25, 0.3) is 0 Å². The summed E-state index contributed by atoms with van der Waals surface area (Å²) in [5.41, 5.74) is 4.19. The molecule has 1 heterocycles. The number of ether oxygens (including phenoxy) is 2. The molecule has 1 unspecified atom stereocenters. The highest BCUT2D eigenvalue weighted by atomic mass is 16.6. The van der Waals surface area contributed by atoms with E-state index in [1.54, 1.807) is 0 Å². The smallest absolute Gasteiger partial charge is 0.313 e. The molecule has 1 atom stereocenters. The number of carbonyl (C=O) groups excluding carboxylic acids is 1. The first-order valence-corrected chi connectivity index (χ1v) is 9.15. The number of hydrogen-bond donors (Lipinski definition) is 1. The first-order chi connectivity index (χ1) is 11.7. The Morgan fingerprint density at radius 2 is 1.76 bits per heavy atom. The topological polar surface area (TPSA) is 55.8 Å². The summed E-state index contributed by atoms with van der Waals surface area (Å²) in [6, 6.07) is 4.17. The second-order valence-electron chi connectivity index (χ2n) is 7.76. The van der Waals surface area contributed by atoms with Crippen LogP contribution in [0.3, 0.4) is 0 Å². The maximum atomic E-state index is 12.4. The minimum absolute atomic E-state index is 0.231. The lowest BCUT2D eigenvalue weighted by Crippen LogP contribution is -2.31. The molecule has 4 heteroatoms. The molecule has 3 rings (SSSR count). The molecule has 0 saturated heterocycles. The van der Waals surface area contributed by atoms with Crippen molar-refractivity contribution in [3.8, 4) is 0 Å². The van der Waals surface area contributed by atoms with Crippen molar-refractivity contribution in [3.05, 3.63) is 40.1 Å². The number of aliphatic hydroxyl groups is 1. The molecule has 0 radical (unpaired) electrons. The highest BCUT2D eigenvalue weighted by molar-refractivity contribution is 5.81. The predicted octanol–water partition coefficient (Wildman–Crippen LogP) is 4.18. The van der Waals surface area contributed by atoms with Gasteiger partial charge < -0.3 is 14.6 Å². The number of esters is 1. The molecule has 1 spiro atoms. The van der Waals surface area contributed by atoms with Gasteiger partial charge in [-0.05, 0) is 63.1 Å². The van der Waals surface area contributed by atoms with E-state index in [4.69, 9.17) is 9.47 Å². The third-order valence-corrected chi connectivity index (χ3v) is 5.27. The monoisotopic (exact) mass is 344 g/mol. The van der Waals surface area contributed by atoms with Crippen LogP contribution in [0.2, 0.25) is 0 Å². The van der Waals surface area contributed by atoms with Crippen LogP contribution in [0.1, 0.15) is 61.8 Å². The minimum atomic E-state index is -1.06. The van der Waals surface area contributed by atoms with E-state index in [-0.39, 0.29) is 11.9 Å². The average Bonchev–Trinajstić information content (AvgIpc) is 3.06. The van der Waals surface area contributed by atoms with Crippen molar-refractivity contribution in [3.63, 3.8) is 0 Å². The fourth-order valence-electron chi connectivity index (χ4n) is 4.18. The minimum Gasteiger partial charge on any atom is -0.427 e. The van der Waals surface area contributed by atoms with Crippen LogP contribution in [0.5, 0.6) is 0 Å². The number of rotatable bonds is 3. The molecule has 1 N–H and O–H groups in total. The van der Waals surface area contributed by atoms with Crippen LogP contribution in [-0.2, 0) is 14.3 Å². The molecule has 25 heavy (non-hydrogen) atoms. The molecule has 0 bridgehead atoms. The molecular weight excluding hydrogens is 316 g/mol. The van der Waals surface area contributed by atoms with Crippen molar-refractivity contribution in [2.75, 3.05) is 0 Å². The number of hydrogen-bond acceptors (Lipinski definition) is 4. The van der Waals surface area contributed by atoms with Gasteiger partial charge in [0.15, 0.2) is 6.29 Å². The summed E-state index contributed by atoms with van der Waals surface area (Å²) in [6.07, 6.45) is 2.51. The van der Waals surface area contributed by atoms with Crippen molar-refractivity contribution in [1.82, 2.24) is 0 Å². The van der Waals surface area contributed by atoms with E-state index in [9.17, 15) is 9.90 Å². The zero-order valence-electron chi connectivity index (χ0n) is 15.8. The molecule has 1 aromatic carbocycles. The molecule has 0 aromatic heterocycles. The SMILES string of the molecule is Cc1cc(C)c(C2=C(OC(=O)C(C)C)C3(CCCC3)OC2O)c(C)c1. The molecule has 4 nitrogen and oxygen atoms in total. The van der Waals surface area contributed by atoms with Gasteiger partial charge in [-0.3, -0.25) is 4.79 Å². The molecule has 2 aliphatic rings. The standard InChI is InChI=1S/C21H28O4/c1-12(2)19(22)24-18-17(16-14(4)10-13(3)11-15(16)5)20(23)25-21(18)8-6-7-9-21/h10-12,20,23H,6-9H2,1-5H3. The maximum Gasteiger partial charge on any atom is 0.313 e. The lowest BCUT2D eigenvalue weighted by Gasteiger charge is -2.26. The summed E-state index contributed by atoms with van der Waals surface area (Å²) in [4.78, 5) is 12.4. The van der Waals surface area contributed by atoms with E-state index in [0.717, 1.165) is 42.4 Å². The largest absolute Gasteiger partial charge is 0.427 e. The van der Waals surface area contributed by atoms with Crippen molar-refractivity contribution in [2.24, 2.45) is 5.92 Å². The van der Waals surface area contributed by atoms with Gasteiger partial charge >= 0.3 is 5.97 Å². The second-order valence-corrected chi connectivity index (χ2v) is 7.76. The number of aryl methyl sites for hydroxylation is 3. The summed E-state index contributed by atoms with van der Waals surface area (Å²) in [5, 5.41) is 10.7. The molecule has 1 aromatic rings. The van der Waals surface area contributed by atoms with Gasteiger partial charge in [-0.15, -0.1) is 0 Å². The maximum absolute atomic E-state index is 12.4. The van der Waals surface area contributed by atoms with Crippen molar-refractivity contribution >= 4 is 11.5 Å². The number of carbonyl (C=O) groups is 1. The molecule has 1 aliphatic carbocycles. The van der Waals surface area contributed by atoms with Gasteiger partial charge in [-0.2, -0.15) is 0 Å². The Morgan fingerprint density at radius 3 is 2.28 bits per heavy atom. The van der Waals surface area contributed by atoms with Gasteiger partial charge in [-0.25, -0.2) is 0 Å². The van der Waals surface area contributed by atoms with Crippen molar-refractivity contribution in [1.29, 1.82) is 0 Å². The molecule has 1 aliphatic heterocycles. The zero-order valence-corrected chi connectivity index (χ0v) is 15.8. The Bertz CT molecular complexity index is 700. The van der Waals surface area contributed by atoms with Gasteiger partial charge in [0, 0.05) is 0 Å². The van der Waals surface area contributed by atoms with Crippen LogP contribution in [0.4, 0.5) is 0 Å². The van der Waals surface area contributed by atoms with E-state index in [1.807, 2.05) is 27.7 Å². The number of aliphatic hydroxyl groups excluding tert-OH is 1. The van der Waals surface area contributed by atoms with Crippen LogP contribution in [0.25, 0.3) is 5.57 Å². The Balaban J connectivity index is 2.19. The Kier molecular flexibility index (Phi) is 4.78. The first kappa shape index (κ1) is 18.2. The molecule has 0 amide bonds. The number of benzene rings is 1. The van der Waals surface area contributed by atoms with E-state index in [0.29, 0.717) is 11.3 Å². The van der Waals surface area contributed by atoms with Crippen molar-refractivity contribution < 1.29 is 19.4 Å². The molecule has 136 valence electrons. The normalized spacial score (nSPS) is 22.3. The van der Waals surface area contributed by atoms with Crippen LogP contribution < -0.4 is 0 Å². The third kappa shape index (κ3) is 3.13. The van der Waals surface area contributed by atoms with Crippen LogP contribution in [0.15, 0.2) is 17.9 Å². The lowest BCUT2D eigenvalue weighted by molar-refractivity contribution is -0.154. The second kappa shape index (κ2) is 6.58. The fraction of sp³-hybridized carbons (Fsp3) is 0.571. The lowest BCUT2D eigenvalue weighted by atomic mass is 9.89. The highest BCUT2D eigenvalue weighted by Crippen LogP contribution is 2.50. The van der Waals surface area contributed by atoms with Crippen molar-refractivity contribution in [2.45, 2.75) is 72.2 Å². The van der Waals surface area contributed by atoms with Gasteiger partial charge in [-0.1, -0.05) is 31.5 Å². The van der Waals surface area contributed by atoms with E-state index in [1.165, 1.54) is 5.56 Å². The highest BCUT2D eigenvalue weighted by Gasteiger charge is 2.51. The van der Waals surface area contributed by atoms with E-state index in [2.05, 4.69) is 19.1 Å². The first-order valence-electron chi connectivity index (χ1n) is 9.15. The van der Waals surface area contributed by atoms with Gasteiger partial charge in [0.2, 0.25) is 0 Å². The summed E-state index contributed by atoms with van der Waals surface area (Å²) in [6.45, 7) is 9.74. The average molecular weight is 344 g/mol. The molecular formula is C21H28O4. The van der Waals surface area contributed by atoms with Crippen LogP contribution in [-0.4, -0.2) is 23.0 Å². The van der Waals surface area contributed by atoms with Crippen LogP contribution >= 0.6 is 0 Å². The molecule has 1 saturated carbocycles. The van der Waals surface area contributed by atoms with Gasteiger partial charge in [0.05, 0.1) is 11.5 Å². The van der Waals surface area contributed by atoms with Crippen LogP contribution in [0, 0.1) is 26.7 Å². The summed E-state index contributed by atoms with van der Waals surface area (Å²) < 4.78 is 11.9. The molecule has 1 fully saturated rings. The third-order valence-electron chi connectivity index (χ3n) is 5.27. The summed E-state index contributed by atoms with van der Waals surface area (Å²) in [5.74, 6) is 0.0234. The predicted molar refractivity (Wildman–Crippen MR) is 96.8 cm³/mol. The van der Waals surface area contributed by atoms with Gasteiger partial charge in [0.1, 0.15) is 11.4 Å². The fourth-order valence-corrected chi connectivity index (χ4v) is 4.18.